The van der Waals surface area contributed by atoms with Crippen molar-refractivity contribution in [3.05, 3.63) is 12.3 Å². The minimum absolute atomic E-state index is 0.0796. The van der Waals surface area contributed by atoms with Gasteiger partial charge in [-0.05, 0) is 78.0 Å². The Morgan fingerprint density at radius 3 is 2.46 bits per heavy atom. The average Bonchev–Trinajstić information content (AvgIpc) is 3.02. The highest BCUT2D eigenvalue weighted by Crippen LogP contribution is 2.23. The summed E-state index contributed by atoms with van der Waals surface area (Å²) in [5.74, 6) is 1.68. The molecule has 0 unspecified atom stereocenters. The van der Waals surface area contributed by atoms with Gasteiger partial charge in [-0.3, -0.25) is 9.69 Å². The Hall–Kier alpha value is -1.40. The molecule has 1 N–H and O–H groups in total. The number of rotatable bonds is 7. The summed E-state index contributed by atoms with van der Waals surface area (Å²) in [6.07, 6.45) is 10.7. The SMILES string of the molecule is CC[C@@H](C)n1nccc1NC(=O)[C@H](C)N1CCC(CN2CCCCCC2)CC1. The van der Waals surface area contributed by atoms with Crippen LogP contribution in [0.2, 0.25) is 0 Å². The maximum Gasteiger partial charge on any atom is 0.242 e. The van der Waals surface area contributed by atoms with Crippen molar-refractivity contribution in [3.8, 4) is 0 Å². The zero-order valence-corrected chi connectivity index (χ0v) is 18.1. The number of likely N-dealkylation sites (tertiary alicyclic amines) is 2. The average molecular weight is 390 g/mol. The summed E-state index contributed by atoms with van der Waals surface area (Å²) < 4.78 is 1.91. The van der Waals surface area contributed by atoms with Crippen molar-refractivity contribution in [2.75, 3.05) is 38.0 Å². The monoisotopic (exact) mass is 389 g/mol. The first kappa shape index (κ1) is 21.3. The molecule has 0 aromatic carbocycles. The Balaban J connectivity index is 1.46. The van der Waals surface area contributed by atoms with Crippen molar-refractivity contribution < 1.29 is 4.79 Å². The number of carbonyl (C=O) groups is 1. The number of anilines is 1. The molecule has 3 rings (SSSR count). The summed E-state index contributed by atoms with van der Waals surface area (Å²) in [5, 5.41) is 7.47. The molecule has 158 valence electrons. The second kappa shape index (κ2) is 10.4. The zero-order valence-electron chi connectivity index (χ0n) is 18.1. The van der Waals surface area contributed by atoms with Crippen LogP contribution in [0.4, 0.5) is 5.82 Å². The highest BCUT2D eigenvalue weighted by atomic mass is 16.2. The van der Waals surface area contributed by atoms with E-state index < -0.39 is 0 Å². The summed E-state index contributed by atoms with van der Waals surface area (Å²) in [4.78, 5) is 17.8. The number of amides is 1. The fourth-order valence-corrected chi connectivity index (χ4v) is 4.54. The number of nitrogens with zero attached hydrogens (tertiary/aromatic N) is 4. The lowest BCUT2D eigenvalue weighted by Gasteiger charge is -2.37. The van der Waals surface area contributed by atoms with E-state index in [1.54, 1.807) is 6.20 Å². The molecule has 0 radical (unpaired) electrons. The third kappa shape index (κ3) is 5.57. The molecule has 2 aliphatic rings. The van der Waals surface area contributed by atoms with Crippen molar-refractivity contribution in [1.29, 1.82) is 0 Å². The van der Waals surface area contributed by atoms with Gasteiger partial charge in [0.2, 0.25) is 5.91 Å². The Morgan fingerprint density at radius 1 is 1.14 bits per heavy atom. The number of hydrogen-bond acceptors (Lipinski definition) is 4. The van der Waals surface area contributed by atoms with Gasteiger partial charge in [0.15, 0.2) is 0 Å². The molecule has 2 atom stereocenters. The van der Waals surface area contributed by atoms with Crippen molar-refractivity contribution in [3.63, 3.8) is 0 Å². The first-order valence-corrected chi connectivity index (χ1v) is 11.4. The number of carbonyl (C=O) groups excluding carboxylic acids is 1. The molecule has 2 saturated heterocycles. The molecular weight excluding hydrogens is 350 g/mol. The molecule has 1 amide bonds. The summed E-state index contributed by atoms with van der Waals surface area (Å²) >= 11 is 0. The smallest absolute Gasteiger partial charge is 0.242 e. The summed E-state index contributed by atoms with van der Waals surface area (Å²) in [6.45, 7) is 12.2. The normalized spacial score (nSPS) is 22.5. The van der Waals surface area contributed by atoms with Gasteiger partial charge in [0, 0.05) is 12.6 Å². The second-order valence-electron chi connectivity index (χ2n) is 8.78. The zero-order chi connectivity index (χ0) is 19.9. The highest BCUT2D eigenvalue weighted by molar-refractivity contribution is 5.93. The molecule has 0 spiro atoms. The lowest BCUT2D eigenvalue weighted by atomic mass is 9.95. The largest absolute Gasteiger partial charge is 0.310 e. The summed E-state index contributed by atoms with van der Waals surface area (Å²) in [7, 11) is 0. The van der Waals surface area contributed by atoms with E-state index in [2.05, 4.69) is 34.1 Å². The van der Waals surface area contributed by atoms with Crippen LogP contribution in [0.25, 0.3) is 0 Å². The molecule has 0 bridgehead atoms. The van der Waals surface area contributed by atoms with Crippen LogP contribution in [0.3, 0.4) is 0 Å². The molecular formula is C22H39N5O. The van der Waals surface area contributed by atoms with E-state index >= 15 is 0 Å². The number of nitrogens with one attached hydrogen (secondary N) is 1. The first-order valence-electron chi connectivity index (χ1n) is 11.4. The Labute approximate surface area is 170 Å². The lowest BCUT2D eigenvalue weighted by molar-refractivity contribution is -0.121. The van der Waals surface area contributed by atoms with Gasteiger partial charge in [-0.25, -0.2) is 4.68 Å². The van der Waals surface area contributed by atoms with Gasteiger partial charge >= 0.3 is 0 Å². The fraction of sp³-hybridized carbons (Fsp3) is 0.818. The van der Waals surface area contributed by atoms with E-state index in [1.165, 1.54) is 58.2 Å². The molecule has 0 aliphatic carbocycles. The minimum Gasteiger partial charge on any atom is -0.310 e. The molecule has 28 heavy (non-hydrogen) atoms. The van der Waals surface area contributed by atoms with Gasteiger partial charge in [0.1, 0.15) is 5.82 Å². The highest BCUT2D eigenvalue weighted by Gasteiger charge is 2.28. The Kier molecular flexibility index (Phi) is 7.91. The predicted molar refractivity (Wildman–Crippen MR) is 115 cm³/mol. The van der Waals surface area contributed by atoms with Crippen LogP contribution >= 0.6 is 0 Å². The molecule has 6 heteroatoms. The standard InChI is InChI=1S/C22H39N5O/c1-4-18(2)27-21(9-12-23-27)24-22(28)19(3)26-15-10-20(11-16-26)17-25-13-7-5-6-8-14-25/h9,12,18-20H,4-8,10-11,13-17H2,1-3H3,(H,24,28)/t18-,19+/m1/s1. The summed E-state index contributed by atoms with van der Waals surface area (Å²) in [5.41, 5.74) is 0. The van der Waals surface area contributed by atoms with E-state index in [0.717, 1.165) is 31.2 Å². The molecule has 6 nitrogen and oxygen atoms in total. The number of piperidine rings is 1. The molecule has 0 saturated carbocycles. The maximum absolute atomic E-state index is 12.8. The van der Waals surface area contributed by atoms with Crippen molar-refractivity contribution in [2.45, 2.75) is 77.8 Å². The predicted octanol–water partition coefficient (Wildman–Crippen LogP) is 3.77. The summed E-state index contributed by atoms with van der Waals surface area (Å²) in [6, 6.07) is 2.08. The molecule has 1 aromatic heterocycles. The van der Waals surface area contributed by atoms with Gasteiger partial charge in [0.25, 0.3) is 0 Å². The molecule has 3 heterocycles. The number of aromatic nitrogens is 2. The Bertz CT molecular complexity index is 600. The van der Waals surface area contributed by atoms with Crippen LogP contribution in [-0.4, -0.2) is 64.3 Å². The van der Waals surface area contributed by atoms with Crippen molar-refractivity contribution >= 4 is 11.7 Å². The van der Waals surface area contributed by atoms with Gasteiger partial charge in [-0.15, -0.1) is 0 Å². The Morgan fingerprint density at radius 2 is 1.82 bits per heavy atom. The maximum atomic E-state index is 12.8. The van der Waals surface area contributed by atoms with E-state index in [9.17, 15) is 4.79 Å². The third-order valence-electron chi connectivity index (χ3n) is 6.72. The molecule has 2 fully saturated rings. The van der Waals surface area contributed by atoms with Crippen LogP contribution in [0.1, 0.15) is 71.8 Å². The molecule has 2 aliphatic heterocycles. The second-order valence-corrected chi connectivity index (χ2v) is 8.78. The quantitative estimate of drug-likeness (QED) is 0.771. The van der Waals surface area contributed by atoms with Crippen LogP contribution in [0.15, 0.2) is 12.3 Å². The van der Waals surface area contributed by atoms with Crippen molar-refractivity contribution in [2.24, 2.45) is 5.92 Å². The topological polar surface area (TPSA) is 53.4 Å². The number of hydrogen-bond donors (Lipinski definition) is 1. The van der Waals surface area contributed by atoms with E-state index in [0.29, 0.717) is 0 Å². The minimum atomic E-state index is -0.0978. The van der Waals surface area contributed by atoms with E-state index in [-0.39, 0.29) is 18.0 Å². The van der Waals surface area contributed by atoms with Crippen LogP contribution in [0, 0.1) is 5.92 Å². The van der Waals surface area contributed by atoms with Gasteiger partial charge in [-0.1, -0.05) is 19.8 Å². The van der Waals surface area contributed by atoms with Crippen LogP contribution < -0.4 is 5.32 Å². The van der Waals surface area contributed by atoms with Crippen LogP contribution in [-0.2, 0) is 4.79 Å². The first-order chi connectivity index (χ1) is 13.6. The van der Waals surface area contributed by atoms with E-state index in [4.69, 9.17) is 0 Å². The fourth-order valence-electron chi connectivity index (χ4n) is 4.54. The van der Waals surface area contributed by atoms with Gasteiger partial charge in [0.05, 0.1) is 18.3 Å². The van der Waals surface area contributed by atoms with Crippen molar-refractivity contribution in [1.82, 2.24) is 19.6 Å². The van der Waals surface area contributed by atoms with Gasteiger partial charge in [-0.2, -0.15) is 5.10 Å². The van der Waals surface area contributed by atoms with Crippen LogP contribution in [0.5, 0.6) is 0 Å². The van der Waals surface area contributed by atoms with Gasteiger partial charge < -0.3 is 10.2 Å². The molecule has 1 aromatic rings. The van der Waals surface area contributed by atoms with E-state index in [1.807, 2.05) is 17.7 Å². The lowest BCUT2D eigenvalue weighted by Crippen LogP contribution is -2.47. The third-order valence-corrected chi connectivity index (χ3v) is 6.72.